The summed E-state index contributed by atoms with van der Waals surface area (Å²) in [5.74, 6) is -2.67. The van der Waals surface area contributed by atoms with Crippen LogP contribution in [0.3, 0.4) is 0 Å². The molecule has 46 heavy (non-hydrogen) atoms. The van der Waals surface area contributed by atoms with Crippen LogP contribution in [0.2, 0.25) is 0 Å². The van der Waals surface area contributed by atoms with Crippen LogP contribution in [0.4, 0.5) is 37.7 Å². The molecule has 0 spiro atoms. The largest absolute Gasteiger partial charge is 0.479 e. The van der Waals surface area contributed by atoms with Gasteiger partial charge in [-0.3, -0.25) is 10.2 Å². The first kappa shape index (κ1) is 34.0. The van der Waals surface area contributed by atoms with E-state index in [2.05, 4.69) is 16.7 Å². The molecule has 0 saturated carbocycles. The van der Waals surface area contributed by atoms with Crippen molar-refractivity contribution in [3.8, 4) is 0 Å². The molecule has 0 fully saturated rings. The number of benzene rings is 3. The molecule has 0 bridgehead atoms. The van der Waals surface area contributed by atoms with E-state index in [-0.39, 0.29) is 18.2 Å². The number of aliphatic hydroxyl groups is 1. The summed E-state index contributed by atoms with van der Waals surface area (Å²) in [6.45, 7) is -0.594. The second kappa shape index (κ2) is 14.1. The lowest BCUT2D eigenvalue weighted by atomic mass is 9.93. The Kier molecular flexibility index (Phi) is 10.4. The van der Waals surface area contributed by atoms with E-state index < -0.39 is 59.7 Å². The molecule has 4 rings (SSSR count). The van der Waals surface area contributed by atoms with Gasteiger partial charge in [-0.05, 0) is 84.8 Å². The molecule has 3 aromatic carbocycles. The number of halogens is 6. The number of anilines is 2. The van der Waals surface area contributed by atoms with E-state index in [4.69, 9.17) is 10.5 Å². The van der Waals surface area contributed by atoms with Crippen LogP contribution in [0, 0.1) is 5.41 Å². The second-order valence-corrected chi connectivity index (χ2v) is 10.6. The number of guanidine groups is 1. The van der Waals surface area contributed by atoms with Gasteiger partial charge in [-0.1, -0.05) is 30.3 Å². The highest BCUT2D eigenvalue weighted by Gasteiger charge is 2.37. The summed E-state index contributed by atoms with van der Waals surface area (Å²) in [6, 6.07) is 13.9. The summed E-state index contributed by atoms with van der Waals surface area (Å²) >= 11 is 0. The fourth-order valence-electron chi connectivity index (χ4n) is 4.81. The Bertz CT molecular complexity index is 1570. The summed E-state index contributed by atoms with van der Waals surface area (Å²) < 4.78 is 80.7. The lowest BCUT2D eigenvalue weighted by molar-refractivity contribution is -0.146. The van der Waals surface area contributed by atoms with Crippen molar-refractivity contribution < 1.29 is 46.1 Å². The minimum absolute atomic E-state index is 0.00528. The molecule has 0 aliphatic heterocycles. The van der Waals surface area contributed by atoms with Crippen LogP contribution in [0.5, 0.6) is 0 Å². The van der Waals surface area contributed by atoms with Crippen molar-refractivity contribution in [2.24, 2.45) is 0 Å². The van der Waals surface area contributed by atoms with Crippen LogP contribution < -0.4 is 15.5 Å². The fraction of sp³-hybridized carbons (Fsp3) is 0.281. The van der Waals surface area contributed by atoms with Gasteiger partial charge < -0.3 is 25.7 Å². The van der Waals surface area contributed by atoms with Crippen molar-refractivity contribution in [2.45, 2.75) is 50.7 Å². The van der Waals surface area contributed by atoms with Crippen molar-refractivity contribution in [3.05, 3.63) is 101 Å². The number of carboxylic acid groups (broad SMARTS) is 1. The lowest BCUT2D eigenvalue weighted by Gasteiger charge is -2.27. The minimum atomic E-state index is -5.07. The van der Waals surface area contributed by atoms with E-state index in [1.165, 1.54) is 29.2 Å². The molecular formula is C32H30F6N4O4. The van der Waals surface area contributed by atoms with E-state index in [1.807, 2.05) is 12.1 Å². The van der Waals surface area contributed by atoms with Gasteiger partial charge >= 0.3 is 18.3 Å². The maximum absolute atomic E-state index is 13.5. The monoisotopic (exact) mass is 648 g/mol. The van der Waals surface area contributed by atoms with E-state index in [0.29, 0.717) is 23.4 Å². The van der Waals surface area contributed by atoms with Gasteiger partial charge in [-0.25, -0.2) is 4.79 Å². The molecule has 5 N–H and O–H groups in total. The third-order valence-electron chi connectivity index (χ3n) is 7.26. The Balaban J connectivity index is 1.62. The number of aliphatic hydroxyl groups excluding tert-OH is 1. The SMILES string of the molecule is N=C(Nc1cc(C(F)(F)F)cc(C(F)(F)F)c1)N(Cc1ccc(C(=O)NC[C@@H](O)C(=O)O)cc1)c1ccc(C2=CCCCC2)cc1. The first-order valence-electron chi connectivity index (χ1n) is 14.1. The molecule has 0 aromatic heterocycles. The van der Waals surface area contributed by atoms with Crippen molar-refractivity contribution in [1.29, 1.82) is 5.41 Å². The highest BCUT2D eigenvalue weighted by molar-refractivity contribution is 6.03. The maximum Gasteiger partial charge on any atom is 0.416 e. The number of rotatable bonds is 9. The number of alkyl halides is 6. The molecule has 14 heteroatoms. The Morgan fingerprint density at radius 1 is 0.891 bits per heavy atom. The highest BCUT2D eigenvalue weighted by atomic mass is 19.4. The van der Waals surface area contributed by atoms with Crippen LogP contribution in [-0.2, 0) is 23.7 Å². The van der Waals surface area contributed by atoms with E-state index in [0.717, 1.165) is 36.8 Å². The minimum Gasteiger partial charge on any atom is -0.479 e. The molecule has 8 nitrogen and oxygen atoms in total. The molecule has 244 valence electrons. The summed E-state index contributed by atoms with van der Waals surface area (Å²) in [4.78, 5) is 24.5. The average molecular weight is 649 g/mol. The Labute approximate surface area is 259 Å². The van der Waals surface area contributed by atoms with E-state index in [9.17, 15) is 41.0 Å². The number of carbonyl (C=O) groups is 2. The number of nitrogens with zero attached hydrogens (tertiary/aromatic N) is 1. The number of aliphatic carboxylic acids is 1. The number of nitrogens with one attached hydrogen (secondary N) is 3. The first-order valence-corrected chi connectivity index (χ1v) is 14.1. The maximum atomic E-state index is 13.5. The Hall–Kier alpha value is -4.85. The predicted molar refractivity (Wildman–Crippen MR) is 159 cm³/mol. The molecule has 0 radical (unpaired) electrons. The van der Waals surface area contributed by atoms with Gasteiger partial charge in [0.1, 0.15) is 0 Å². The zero-order valence-corrected chi connectivity index (χ0v) is 24.2. The lowest BCUT2D eigenvalue weighted by Crippen LogP contribution is -2.36. The average Bonchev–Trinajstić information content (AvgIpc) is 3.02. The van der Waals surface area contributed by atoms with Gasteiger partial charge in [0.15, 0.2) is 12.1 Å². The fourth-order valence-corrected chi connectivity index (χ4v) is 4.81. The predicted octanol–water partition coefficient (Wildman–Crippen LogP) is 6.91. The van der Waals surface area contributed by atoms with Crippen LogP contribution in [0.15, 0.2) is 72.8 Å². The van der Waals surface area contributed by atoms with Crippen LogP contribution in [0.25, 0.3) is 5.57 Å². The molecule has 0 saturated heterocycles. The first-order chi connectivity index (χ1) is 21.6. The molecule has 1 atom stereocenters. The van der Waals surface area contributed by atoms with Crippen LogP contribution in [0.1, 0.15) is 58.3 Å². The normalized spacial score (nSPS) is 14.2. The van der Waals surface area contributed by atoms with Crippen LogP contribution >= 0.6 is 0 Å². The summed E-state index contributed by atoms with van der Waals surface area (Å²) in [5.41, 5.74) is -0.451. The summed E-state index contributed by atoms with van der Waals surface area (Å²) in [5, 5.41) is 31.5. The Morgan fingerprint density at radius 2 is 1.50 bits per heavy atom. The molecule has 0 heterocycles. The van der Waals surface area contributed by atoms with Gasteiger partial charge in [-0.2, -0.15) is 26.3 Å². The van der Waals surface area contributed by atoms with Crippen molar-refractivity contribution >= 4 is 34.8 Å². The number of carboxylic acids is 1. The second-order valence-electron chi connectivity index (χ2n) is 10.6. The smallest absolute Gasteiger partial charge is 0.416 e. The van der Waals surface area contributed by atoms with Gasteiger partial charge in [0.05, 0.1) is 24.2 Å². The summed E-state index contributed by atoms with van der Waals surface area (Å²) in [6.07, 6.45) is -5.80. The quantitative estimate of drug-likeness (QED) is 0.0976. The third kappa shape index (κ3) is 8.87. The van der Waals surface area contributed by atoms with Gasteiger partial charge in [0.2, 0.25) is 0 Å². The summed E-state index contributed by atoms with van der Waals surface area (Å²) in [7, 11) is 0. The number of amides is 1. The standard InChI is InChI=1S/C32H30F6N4O4/c33-31(34,35)23-14-24(32(36,37)38)16-25(15-23)41-30(39)42(26-12-10-21(11-13-26)20-4-2-1-3-5-20)18-19-6-8-22(9-7-19)28(44)40-17-27(43)29(45)46/h4,6-16,27,43H,1-3,5,17-18H2,(H2,39,41)(H,40,44)(H,45,46)/t27-/m1/s1. The van der Waals surface area contributed by atoms with Crippen LogP contribution in [-0.4, -0.2) is 40.7 Å². The third-order valence-corrected chi connectivity index (χ3v) is 7.26. The Morgan fingerprint density at radius 3 is 2.02 bits per heavy atom. The van der Waals surface area contributed by atoms with Gasteiger partial charge in [-0.15, -0.1) is 0 Å². The molecule has 0 unspecified atom stereocenters. The highest BCUT2D eigenvalue weighted by Crippen LogP contribution is 2.38. The van der Waals surface area contributed by atoms with Gasteiger partial charge in [0.25, 0.3) is 5.91 Å². The zero-order chi connectivity index (χ0) is 33.6. The molecule has 3 aromatic rings. The number of carbonyl (C=O) groups excluding carboxylic acids is 1. The molecule has 1 aliphatic rings. The molecular weight excluding hydrogens is 618 g/mol. The number of hydrogen-bond donors (Lipinski definition) is 5. The van der Waals surface area contributed by atoms with E-state index >= 15 is 0 Å². The number of allylic oxidation sites excluding steroid dienone is 2. The zero-order valence-electron chi connectivity index (χ0n) is 24.2. The van der Waals surface area contributed by atoms with Gasteiger partial charge in [0, 0.05) is 16.9 Å². The van der Waals surface area contributed by atoms with Crippen molar-refractivity contribution in [1.82, 2.24) is 5.32 Å². The topological polar surface area (TPSA) is 126 Å². The molecule has 1 amide bonds. The van der Waals surface area contributed by atoms with Crippen molar-refractivity contribution in [2.75, 3.05) is 16.8 Å². The van der Waals surface area contributed by atoms with E-state index in [1.54, 1.807) is 12.1 Å². The van der Waals surface area contributed by atoms with Crippen molar-refractivity contribution in [3.63, 3.8) is 0 Å². The number of hydrogen-bond acceptors (Lipinski definition) is 4. The molecule has 1 aliphatic carbocycles.